The van der Waals surface area contributed by atoms with Crippen molar-refractivity contribution in [1.82, 2.24) is 0 Å². The Hall–Kier alpha value is -2.10. The molecule has 2 rings (SSSR count). The molecule has 1 aromatic carbocycles. The number of carbonyl (C=O) groups excluding carboxylic acids is 2. The van der Waals surface area contributed by atoms with E-state index in [0.29, 0.717) is 5.69 Å². The van der Waals surface area contributed by atoms with Gasteiger partial charge in [0.2, 0.25) is 11.8 Å². The van der Waals surface area contributed by atoms with Crippen molar-refractivity contribution in [2.45, 2.75) is 6.42 Å². The largest absolute Gasteiger partial charge is 0.508 e. The number of imide groups is 1. The smallest absolute Gasteiger partial charge is 0.241 e. The van der Waals surface area contributed by atoms with Crippen LogP contribution in [0.25, 0.3) is 0 Å². The van der Waals surface area contributed by atoms with Crippen LogP contribution in [0.5, 0.6) is 5.75 Å². The number of rotatable bonds is 2. The standard InChI is InChI=1S/C12H11NO3/c1-2-8-7-11(15)13(12(8)16)9-3-5-10(14)6-4-9/h2-6,8,14H,1,7H2. The van der Waals surface area contributed by atoms with Crippen LogP contribution in [0, 0.1) is 5.92 Å². The molecule has 0 saturated carbocycles. The number of amides is 2. The van der Waals surface area contributed by atoms with Crippen molar-refractivity contribution in [1.29, 1.82) is 0 Å². The summed E-state index contributed by atoms with van der Waals surface area (Å²) in [5.74, 6) is -0.823. The molecule has 1 N–H and O–H groups in total. The second kappa shape index (κ2) is 3.81. The summed E-state index contributed by atoms with van der Waals surface area (Å²) < 4.78 is 0. The maximum absolute atomic E-state index is 11.8. The highest BCUT2D eigenvalue weighted by atomic mass is 16.3. The summed E-state index contributed by atoms with van der Waals surface area (Å²) in [6, 6.07) is 5.96. The molecular weight excluding hydrogens is 206 g/mol. The lowest BCUT2D eigenvalue weighted by Gasteiger charge is -2.14. The fourth-order valence-corrected chi connectivity index (χ4v) is 1.71. The first kappa shape index (κ1) is 10.4. The Morgan fingerprint density at radius 2 is 1.94 bits per heavy atom. The molecule has 4 nitrogen and oxygen atoms in total. The van der Waals surface area contributed by atoms with Crippen molar-refractivity contribution in [3.63, 3.8) is 0 Å². The summed E-state index contributed by atoms with van der Waals surface area (Å²) in [7, 11) is 0. The zero-order chi connectivity index (χ0) is 11.7. The summed E-state index contributed by atoms with van der Waals surface area (Å²) in [5.41, 5.74) is 0.483. The monoisotopic (exact) mass is 217 g/mol. The third kappa shape index (κ3) is 1.58. The Bertz CT molecular complexity index is 450. The number of phenols is 1. The zero-order valence-electron chi connectivity index (χ0n) is 8.59. The molecule has 0 aliphatic carbocycles. The maximum atomic E-state index is 11.8. The van der Waals surface area contributed by atoms with E-state index in [9.17, 15) is 9.59 Å². The van der Waals surface area contributed by atoms with Crippen LogP contribution in [-0.4, -0.2) is 16.9 Å². The predicted molar refractivity (Wildman–Crippen MR) is 58.9 cm³/mol. The van der Waals surface area contributed by atoms with Gasteiger partial charge in [-0.15, -0.1) is 6.58 Å². The van der Waals surface area contributed by atoms with E-state index in [4.69, 9.17) is 5.11 Å². The Kier molecular flexibility index (Phi) is 2.48. The first-order chi connectivity index (χ1) is 7.63. The summed E-state index contributed by atoms with van der Waals surface area (Å²) in [6.45, 7) is 3.53. The summed E-state index contributed by atoms with van der Waals surface area (Å²) in [4.78, 5) is 24.6. The first-order valence-electron chi connectivity index (χ1n) is 4.92. The molecule has 1 aliphatic heterocycles. The topological polar surface area (TPSA) is 57.6 Å². The van der Waals surface area contributed by atoms with Crippen molar-refractivity contribution in [2.75, 3.05) is 4.90 Å². The van der Waals surface area contributed by atoms with Gasteiger partial charge in [0.25, 0.3) is 0 Å². The van der Waals surface area contributed by atoms with Gasteiger partial charge in [-0.05, 0) is 24.3 Å². The van der Waals surface area contributed by atoms with Crippen molar-refractivity contribution in [3.8, 4) is 5.75 Å². The molecule has 0 bridgehead atoms. The van der Waals surface area contributed by atoms with E-state index in [-0.39, 0.29) is 24.0 Å². The molecule has 1 aliphatic rings. The fraction of sp³-hybridized carbons (Fsp3) is 0.167. The molecule has 0 radical (unpaired) electrons. The minimum Gasteiger partial charge on any atom is -0.508 e. The molecule has 1 fully saturated rings. The van der Waals surface area contributed by atoms with Gasteiger partial charge in [0.1, 0.15) is 5.75 Å². The lowest BCUT2D eigenvalue weighted by atomic mass is 10.1. The van der Waals surface area contributed by atoms with Crippen LogP contribution in [0.3, 0.4) is 0 Å². The van der Waals surface area contributed by atoms with Crippen LogP contribution >= 0.6 is 0 Å². The van der Waals surface area contributed by atoms with Gasteiger partial charge in [0, 0.05) is 6.42 Å². The van der Waals surface area contributed by atoms with Gasteiger partial charge in [0.05, 0.1) is 11.6 Å². The lowest BCUT2D eigenvalue weighted by molar-refractivity contribution is -0.121. The Morgan fingerprint density at radius 3 is 2.44 bits per heavy atom. The number of carbonyl (C=O) groups is 2. The van der Waals surface area contributed by atoms with Gasteiger partial charge in [0.15, 0.2) is 0 Å². The number of anilines is 1. The molecule has 1 atom stereocenters. The molecule has 2 amide bonds. The van der Waals surface area contributed by atoms with E-state index in [0.717, 1.165) is 4.90 Å². The third-order valence-corrected chi connectivity index (χ3v) is 2.57. The van der Waals surface area contributed by atoms with Gasteiger partial charge in [-0.1, -0.05) is 6.08 Å². The van der Waals surface area contributed by atoms with Crippen LogP contribution in [0.15, 0.2) is 36.9 Å². The maximum Gasteiger partial charge on any atom is 0.241 e. The average Bonchev–Trinajstić information content (AvgIpc) is 2.56. The second-order valence-corrected chi connectivity index (χ2v) is 3.63. The van der Waals surface area contributed by atoms with E-state index >= 15 is 0 Å². The molecule has 4 heteroatoms. The summed E-state index contributed by atoms with van der Waals surface area (Å²) in [6.07, 6.45) is 1.66. The second-order valence-electron chi connectivity index (χ2n) is 3.63. The normalized spacial score (nSPS) is 20.2. The number of hydrogen-bond acceptors (Lipinski definition) is 3. The molecular formula is C12H11NO3. The van der Waals surface area contributed by atoms with Gasteiger partial charge in [-0.25, -0.2) is 0 Å². The van der Waals surface area contributed by atoms with E-state index in [2.05, 4.69) is 6.58 Å². The Balaban J connectivity index is 2.34. The highest BCUT2D eigenvalue weighted by molar-refractivity contribution is 6.21. The zero-order valence-corrected chi connectivity index (χ0v) is 8.59. The van der Waals surface area contributed by atoms with Gasteiger partial charge in [-0.3, -0.25) is 14.5 Å². The molecule has 1 saturated heterocycles. The van der Waals surface area contributed by atoms with Crippen molar-refractivity contribution < 1.29 is 14.7 Å². The lowest BCUT2D eigenvalue weighted by Crippen LogP contribution is -2.29. The van der Waals surface area contributed by atoms with E-state index in [1.54, 1.807) is 0 Å². The highest BCUT2D eigenvalue weighted by Crippen LogP contribution is 2.27. The van der Waals surface area contributed by atoms with Crippen molar-refractivity contribution >= 4 is 17.5 Å². The number of aromatic hydroxyl groups is 1. The molecule has 1 unspecified atom stereocenters. The molecule has 0 aromatic heterocycles. The quantitative estimate of drug-likeness (QED) is 0.602. The summed E-state index contributed by atoms with van der Waals surface area (Å²) in [5, 5.41) is 9.12. The molecule has 1 aromatic rings. The molecule has 0 spiro atoms. The number of hydrogen-bond donors (Lipinski definition) is 1. The fourth-order valence-electron chi connectivity index (χ4n) is 1.71. The van der Waals surface area contributed by atoms with Crippen LogP contribution in [0.2, 0.25) is 0 Å². The molecule has 82 valence electrons. The van der Waals surface area contributed by atoms with Gasteiger partial charge in [-0.2, -0.15) is 0 Å². The summed E-state index contributed by atoms with van der Waals surface area (Å²) >= 11 is 0. The molecule has 16 heavy (non-hydrogen) atoms. The first-order valence-corrected chi connectivity index (χ1v) is 4.92. The number of phenolic OH excluding ortho intramolecular Hbond substituents is 1. The van der Waals surface area contributed by atoms with Gasteiger partial charge >= 0.3 is 0 Å². The van der Waals surface area contributed by atoms with Crippen LogP contribution in [-0.2, 0) is 9.59 Å². The minimum atomic E-state index is -0.429. The number of nitrogens with zero attached hydrogens (tertiary/aromatic N) is 1. The van der Waals surface area contributed by atoms with E-state index < -0.39 is 5.92 Å². The van der Waals surface area contributed by atoms with Crippen molar-refractivity contribution in [2.24, 2.45) is 5.92 Å². The number of benzene rings is 1. The minimum absolute atomic E-state index is 0.100. The SMILES string of the molecule is C=CC1CC(=O)N(c2ccc(O)cc2)C1=O. The Labute approximate surface area is 92.8 Å². The van der Waals surface area contributed by atoms with Crippen LogP contribution < -0.4 is 4.90 Å². The predicted octanol–water partition coefficient (Wildman–Crippen LogP) is 1.46. The molecule has 1 heterocycles. The van der Waals surface area contributed by atoms with E-state index in [1.165, 1.54) is 30.3 Å². The Morgan fingerprint density at radius 1 is 1.31 bits per heavy atom. The third-order valence-electron chi connectivity index (χ3n) is 2.57. The van der Waals surface area contributed by atoms with Crippen LogP contribution in [0.1, 0.15) is 6.42 Å². The highest BCUT2D eigenvalue weighted by Gasteiger charge is 2.37. The average molecular weight is 217 g/mol. The van der Waals surface area contributed by atoms with Crippen LogP contribution in [0.4, 0.5) is 5.69 Å². The van der Waals surface area contributed by atoms with E-state index in [1.807, 2.05) is 0 Å². The van der Waals surface area contributed by atoms with Crippen molar-refractivity contribution in [3.05, 3.63) is 36.9 Å². The van der Waals surface area contributed by atoms with Gasteiger partial charge < -0.3 is 5.11 Å².